The first-order chi connectivity index (χ1) is 7.26. The van der Waals surface area contributed by atoms with Crippen LogP contribution in [-0.4, -0.2) is 0 Å². The zero-order chi connectivity index (χ0) is 11.1. The highest BCUT2D eigenvalue weighted by Gasteiger charge is 2.06. The molecule has 0 fully saturated rings. The van der Waals surface area contributed by atoms with Crippen molar-refractivity contribution in [1.29, 1.82) is 0 Å². The number of rotatable bonds is 6. The molecule has 1 aromatic carbocycles. The van der Waals surface area contributed by atoms with Gasteiger partial charge in [-0.25, -0.2) is 0 Å². The van der Waals surface area contributed by atoms with Crippen LogP contribution in [0.25, 0.3) is 0 Å². The summed E-state index contributed by atoms with van der Waals surface area (Å²) < 4.78 is 0. The number of unbranched alkanes of at least 4 members (excludes halogenated alkanes) is 1. The topological polar surface area (TPSA) is 0 Å². The molecule has 0 N–H and O–H groups in total. The van der Waals surface area contributed by atoms with E-state index in [0.29, 0.717) is 0 Å². The third-order valence-corrected chi connectivity index (χ3v) is 3.15. The van der Waals surface area contributed by atoms with Gasteiger partial charge in [-0.05, 0) is 24.8 Å². The van der Waals surface area contributed by atoms with E-state index in [1.807, 2.05) is 0 Å². The molecule has 0 amide bonds. The molecule has 1 aromatic rings. The molecule has 0 bridgehead atoms. The molecule has 0 radical (unpaired) electrons. The Morgan fingerprint density at radius 2 is 2.00 bits per heavy atom. The van der Waals surface area contributed by atoms with Crippen molar-refractivity contribution < 1.29 is 0 Å². The zero-order valence-corrected chi connectivity index (χ0v) is 10.4. The molecule has 0 aromatic heterocycles. The third kappa shape index (κ3) is 4.51. The maximum absolute atomic E-state index is 2.33. The minimum absolute atomic E-state index is 0.881. The van der Waals surface area contributed by atoms with E-state index < -0.39 is 0 Å². The summed E-state index contributed by atoms with van der Waals surface area (Å²) in [6, 6.07) is 8.95. The lowest BCUT2D eigenvalue weighted by Crippen LogP contribution is -2.03. The molecule has 0 heterocycles. The van der Waals surface area contributed by atoms with Gasteiger partial charge in [0.15, 0.2) is 0 Å². The average molecular weight is 204 g/mol. The van der Waals surface area contributed by atoms with Crippen molar-refractivity contribution in [2.45, 2.75) is 52.9 Å². The second-order valence-corrected chi connectivity index (χ2v) is 4.61. The van der Waals surface area contributed by atoms with Crippen molar-refractivity contribution >= 4 is 0 Å². The van der Waals surface area contributed by atoms with Gasteiger partial charge in [0.2, 0.25) is 0 Å². The van der Waals surface area contributed by atoms with Crippen LogP contribution in [0.4, 0.5) is 0 Å². The largest absolute Gasteiger partial charge is 0.0654 e. The Balaban J connectivity index is 2.50. The van der Waals surface area contributed by atoms with Gasteiger partial charge in [-0.1, -0.05) is 69.4 Å². The number of hydrogen-bond acceptors (Lipinski definition) is 0. The summed E-state index contributed by atoms with van der Waals surface area (Å²) in [4.78, 5) is 0. The van der Waals surface area contributed by atoms with Crippen LogP contribution in [0.5, 0.6) is 0 Å². The van der Waals surface area contributed by atoms with Crippen LogP contribution in [0, 0.1) is 12.8 Å². The van der Waals surface area contributed by atoms with E-state index in [4.69, 9.17) is 0 Å². The SMILES string of the molecule is CCCCC(CC)Cc1cccc(C)c1. The van der Waals surface area contributed by atoms with Gasteiger partial charge in [0.25, 0.3) is 0 Å². The van der Waals surface area contributed by atoms with Crippen LogP contribution in [0.3, 0.4) is 0 Å². The maximum Gasteiger partial charge on any atom is -0.0250 e. The van der Waals surface area contributed by atoms with E-state index >= 15 is 0 Å². The second-order valence-electron chi connectivity index (χ2n) is 4.61. The lowest BCUT2D eigenvalue weighted by molar-refractivity contribution is 0.449. The molecule has 0 saturated carbocycles. The molecule has 0 heteroatoms. The summed E-state index contributed by atoms with van der Waals surface area (Å²) in [7, 11) is 0. The first kappa shape index (κ1) is 12.3. The van der Waals surface area contributed by atoms with Crippen molar-refractivity contribution in [3.8, 4) is 0 Å². The second kappa shape index (κ2) is 6.66. The van der Waals surface area contributed by atoms with Crippen LogP contribution in [0.2, 0.25) is 0 Å². The molecule has 0 aliphatic rings. The van der Waals surface area contributed by atoms with E-state index in [1.54, 1.807) is 0 Å². The first-order valence-electron chi connectivity index (χ1n) is 6.31. The molecule has 1 atom stereocenters. The van der Waals surface area contributed by atoms with Crippen molar-refractivity contribution in [2.75, 3.05) is 0 Å². The maximum atomic E-state index is 2.33. The van der Waals surface area contributed by atoms with Crippen molar-refractivity contribution in [1.82, 2.24) is 0 Å². The van der Waals surface area contributed by atoms with Gasteiger partial charge in [0, 0.05) is 0 Å². The highest BCUT2D eigenvalue weighted by atomic mass is 14.1. The lowest BCUT2D eigenvalue weighted by atomic mass is 9.91. The van der Waals surface area contributed by atoms with Gasteiger partial charge < -0.3 is 0 Å². The van der Waals surface area contributed by atoms with E-state index in [0.717, 1.165) is 5.92 Å². The Morgan fingerprint density at radius 1 is 1.20 bits per heavy atom. The Labute approximate surface area is 94.7 Å². The molecule has 84 valence electrons. The van der Waals surface area contributed by atoms with E-state index in [-0.39, 0.29) is 0 Å². The fraction of sp³-hybridized carbons (Fsp3) is 0.600. The molecular formula is C15H24. The summed E-state index contributed by atoms with van der Waals surface area (Å²) in [5.74, 6) is 0.881. The van der Waals surface area contributed by atoms with Crippen LogP contribution in [0.15, 0.2) is 24.3 Å². The minimum atomic E-state index is 0.881. The molecule has 0 nitrogen and oxygen atoms in total. The van der Waals surface area contributed by atoms with Crippen LogP contribution < -0.4 is 0 Å². The molecule has 1 unspecified atom stereocenters. The predicted octanol–water partition coefficient (Wildman–Crippen LogP) is 4.75. The van der Waals surface area contributed by atoms with Crippen LogP contribution in [0.1, 0.15) is 50.7 Å². The van der Waals surface area contributed by atoms with Gasteiger partial charge in [0.1, 0.15) is 0 Å². The van der Waals surface area contributed by atoms with Gasteiger partial charge in [0.05, 0.1) is 0 Å². The highest BCUT2D eigenvalue weighted by Crippen LogP contribution is 2.18. The third-order valence-electron chi connectivity index (χ3n) is 3.15. The van der Waals surface area contributed by atoms with E-state index in [9.17, 15) is 0 Å². The highest BCUT2D eigenvalue weighted by molar-refractivity contribution is 5.22. The van der Waals surface area contributed by atoms with Crippen molar-refractivity contribution in [3.63, 3.8) is 0 Å². The molecule has 0 saturated heterocycles. The Hall–Kier alpha value is -0.780. The summed E-state index contributed by atoms with van der Waals surface area (Å²) in [5, 5.41) is 0. The van der Waals surface area contributed by atoms with Crippen LogP contribution >= 0.6 is 0 Å². The fourth-order valence-corrected chi connectivity index (χ4v) is 2.12. The Morgan fingerprint density at radius 3 is 2.60 bits per heavy atom. The molecular weight excluding hydrogens is 180 g/mol. The standard InChI is InChI=1S/C15H24/c1-4-6-9-14(5-2)12-15-10-7-8-13(3)11-15/h7-8,10-11,14H,4-6,9,12H2,1-3H3. The van der Waals surface area contributed by atoms with Crippen LogP contribution in [-0.2, 0) is 6.42 Å². The number of benzene rings is 1. The zero-order valence-electron chi connectivity index (χ0n) is 10.4. The minimum Gasteiger partial charge on any atom is -0.0654 e. The molecule has 0 spiro atoms. The monoisotopic (exact) mass is 204 g/mol. The summed E-state index contributed by atoms with van der Waals surface area (Å²) in [6.07, 6.45) is 6.67. The molecule has 15 heavy (non-hydrogen) atoms. The first-order valence-corrected chi connectivity index (χ1v) is 6.31. The summed E-state index contributed by atoms with van der Waals surface area (Å²) in [6.45, 7) is 6.77. The Kier molecular flexibility index (Phi) is 5.45. The normalized spacial score (nSPS) is 12.7. The van der Waals surface area contributed by atoms with Crippen molar-refractivity contribution in [3.05, 3.63) is 35.4 Å². The van der Waals surface area contributed by atoms with Gasteiger partial charge >= 0.3 is 0 Å². The fourth-order valence-electron chi connectivity index (χ4n) is 2.12. The predicted molar refractivity (Wildman–Crippen MR) is 68.2 cm³/mol. The number of hydrogen-bond donors (Lipinski definition) is 0. The summed E-state index contributed by atoms with van der Waals surface area (Å²) >= 11 is 0. The van der Waals surface area contributed by atoms with Gasteiger partial charge in [-0.15, -0.1) is 0 Å². The molecule has 0 aliphatic heterocycles. The van der Waals surface area contributed by atoms with E-state index in [1.165, 1.54) is 43.2 Å². The summed E-state index contributed by atoms with van der Waals surface area (Å²) in [5.41, 5.74) is 2.90. The quantitative estimate of drug-likeness (QED) is 0.627. The molecule has 1 rings (SSSR count). The smallest absolute Gasteiger partial charge is 0.0250 e. The average Bonchev–Trinajstić information content (AvgIpc) is 2.24. The van der Waals surface area contributed by atoms with E-state index in [2.05, 4.69) is 45.0 Å². The number of aryl methyl sites for hydroxylation is 1. The molecule has 0 aliphatic carbocycles. The van der Waals surface area contributed by atoms with Gasteiger partial charge in [-0.3, -0.25) is 0 Å². The van der Waals surface area contributed by atoms with Gasteiger partial charge in [-0.2, -0.15) is 0 Å². The lowest BCUT2D eigenvalue weighted by Gasteiger charge is -2.14. The van der Waals surface area contributed by atoms with Crippen molar-refractivity contribution in [2.24, 2.45) is 5.92 Å². The Bertz CT molecular complexity index is 275.